The molecule has 1 aromatic rings. The second-order valence-corrected chi connectivity index (χ2v) is 6.75. The summed E-state index contributed by atoms with van der Waals surface area (Å²) >= 11 is 0. The number of nitrogens with one attached hydrogen (secondary N) is 2. The summed E-state index contributed by atoms with van der Waals surface area (Å²) in [6.07, 6.45) is 2.29. The van der Waals surface area contributed by atoms with Gasteiger partial charge in [0.15, 0.2) is 0 Å². The SMILES string of the molecule is CCCCC(=O)NC(=O)c1ccc2c(c1)C(=O)N(C1CCC(=O)NC1=O)C2. The maximum absolute atomic E-state index is 12.7. The molecular weight excluding hydrogens is 350 g/mol. The highest BCUT2D eigenvalue weighted by atomic mass is 16.2. The van der Waals surface area contributed by atoms with E-state index in [4.69, 9.17) is 0 Å². The molecule has 1 atom stereocenters. The number of rotatable bonds is 5. The third-order valence-electron chi connectivity index (χ3n) is 4.80. The average Bonchev–Trinajstić information content (AvgIpc) is 2.96. The van der Waals surface area contributed by atoms with Crippen LogP contribution in [0.5, 0.6) is 0 Å². The molecule has 0 aromatic heterocycles. The first-order valence-corrected chi connectivity index (χ1v) is 9.02. The van der Waals surface area contributed by atoms with Crippen molar-refractivity contribution < 1.29 is 24.0 Å². The molecule has 0 spiro atoms. The molecule has 2 aliphatic heterocycles. The van der Waals surface area contributed by atoms with E-state index in [1.54, 1.807) is 12.1 Å². The molecule has 8 nitrogen and oxygen atoms in total. The van der Waals surface area contributed by atoms with Gasteiger partial charge in [0.2, 0.25) is 17.7 Å². The van der Waals surface area contributed by atoms with Crippen molar-refractivity contribution in [2.75, 3.05) is 0 Å². The van der Waals surface area contributed by atoms with Crippen LogP contribution in [0.2, 0.25) is 0 Å². The first kappa shape index (κ1) is 18.8. The van der Waals surface area contributed by atoms with Gasteiger partial charge in [0.05, 0.1) is 0 Å². The number of nitrogens with zero attached hydrogens (tertiary/aromatic N) is 1. The molecule has 0 saturated carbocycles. The van der Waals surface area contributed by atoms with E-state index in [1.165, 1.54) is 11.0 Å². The standard InChI is InChI=1S/C19H21N3O5/c1-2-3-4-15(23)20-17(25)11-5-6-12-10-22(19(27)13(12)9-11)14-7-8-16(24)21-18(14)26/h5-6,9,14H,2-4,7-8,10H2,1H3,(H,20,23,25)(H,21,24,26). The Morgan fingerprint density at radius 1 is 1.26 bits per heavy atom. The third-order valence-corrected chi connectivity index (χ3v) is 4.80. The summed E-state index contributed by atoms with van der Waals surface area (Å²) in [6.45, 7) is 2.20. The number of carbonyl (C=O) groups excluding carboxylic acids is 5. The predicted octanol–water partition coefficient (Wildman–Crippen LogP) is 0.894. The van der Waals surface area contributed by atoms with Crippen molar-refractivity contribution in [2.24, 2.45) is 0 Å². The van der Waals surface area contributed by atoms with E-state index >= 15 is 0 Å². The molecule has 27 heavy (non-hydrogen) atoms. The van der Waals surface area contributed by atoms with Gasteiger partial charge >= 0.3 is 0 Å². The van der Waals surface area contributed by atoms with Crippen molar-refractivity contribution in [3.63, 3.8) is 0 Å². The quantitative estimate of drug-likeness (QED) is 0.747. The molecule has 142 valence electrons. The average molecular weight is 371 g/mol. The lowest BCUT2D eigenvalue weighted by Crippen LogP contribution is -2.52. The van der Waals surface area contributed by atoms with Gasteiger partial charge in [0, 0.05) is 30.5 Å². The summed E-state index contributed by atoms with van der Waals surface area (Å²) in [5.41, 5.74) is 1.27. The summed E-state index contributed by atoms with van der Waals surface area (Å²) in [4.78, 5) is 61.4. The number of hydrogen-bond acceptors (Lipinski definition) is 5. The molecule has 5 amide bonds. The fourth-order valence-electron chi connectivity index (χ4n) is 3.29. The van der Waals surface area contributed by atoms with E-state index in [1.807, 2.05) is 6.92 Å². The third kappa shape index (κ3) is 3.89. The minimum absolute atomic E-state index is 0.185. The van der Waals surface area contributed by atoms with Gasteiger partial charge in [-0.25, -0.2) is 0 Å². The lowest BCUT2D eigenvalue weighted by molar-refractivity contribution is -0.137. The van der Waals surface area contributed by atoms with Gasteiger partial charge in [-0.15, -0.1) is 0 Å². The fourth-order valence-corrected chi connectivity index (χ4v) is 3.29. The number of imide groups is 2. The van der Waals surface area contributed by atoms with E-state index in [0.717, 1.165) is 6.42 Å². The molecule has 1 unspecified atom stereocenters. The van der Waals surface area contributed by atoms with Gasteiger partial charge in [-0.2, -0.15) is 0 Å². The Morgan fingerprint density at radius 2 is 2.04 bits per heavy atom. The Hall–Kier alpha value is -3.03. The number of carbonyl (C=O) groups is 5. The van der Waals surface area contributed by atoms with Crippen molar-refractivity contribution in [3.8, 4) is 0 Å². The maximum Gasteiger partial charge on any atom is 0.257 e. The molecular formula is C19H21N3O5. The van der Waals surface area contributed by atoms with Crippen molar-refractivity contribution in [2.45, 2.75) is 51.6 Å². The van der Waals surface area contributed by atoms with E-state index in [9.17, 15) is 24.0 Å². The van der Waals surface area contributed by atoms with Crippen LogP contribution < -0.4 is 10.6 Å². The van der Waals surface area contributed by atoms with Gasteiger partial charge in [0.1, 0.15) is 6.04 Å². The molecule has 8 heteroatoms. The van der Waals surface area contributed by atoms with E-state index in [2.05, 4.69) is 10.6 Å². The second kappa shape index (κ2) is 7.69. The molecule has 2 N–H and O–H groups in total. The highest BCUT2D eigenvalue weighted by molar-refractivity contribution is 6.08. The smallest absolute Gasteiger partial charge is 0.257 e. The van der Waals surface area contributed by atoms with E-state index in [-0.39, 0.29) is 49.1 Å². The van der Waals surface area contributed by atoms with Gasteiger partial charge < -0.3 is 4.90 Å². The van der Waals surface area contributed by atoms with Crippen molar-refractivity contribution >= 4 is 29.5 Å². The summed E-state index contributed by atoms with van der Waals surface area (Å²) in [6, 6.07) is 3.97. The van der Waals surface area contributed by atoms with Crippen molar-refractivity contribution in [1.29, 1.82) is 0 Å². The Bertz CT molecular complexity index is 833. The van der Waals surface area contributed by atoms with Crippen LogP contribution in [0.15, 0.2) is 18.2 Å². The fraction of sp³-hybridized carbons (Fsp3) is 0.421. The lowest BCUT2D eigenvalue weighted by Gasteiger charge is -2.29. The van der Waals surface area contributed by atoms with Gasteiger partial charge in [-0.05, 0) is 30.5 Å². The molecule has 1 saturated heterocycles. The molecule has 0 aliphatic carbocycles. The molecule has 0 bridgehead atoms. The van der Waals surface area contributed by atoms with Gasteiger partial charge in [-0.3, -0.25) is 34.6 Å². The normalized spacial score (nSPS) is 18.9. The number of piperidine rings is 1. The predicted molar refractivity (Wildman–Crippen MR) is 94.5 cm³/mol. The van der Waals surface area contributed by atoms with Crippen LogP contribution in [0.1, 0.15) is 65.3 Å². The summed E-state index contributed by atoms with van der Waals surface area (Å²) in [7, 11) is 0. The zero-order valence-electron chi connectivity index (χ0n) is 15.0. The largest absolute Gasteiger partial charge is 0.322 e. The van der Waals surface area contributed by atoms with Crippen LogP contribution in [0.4, 0.5) is 0 Å². The lowest BCUT2D eigenvalue weighted by atomic mass is 10.0. The number of unbranched alkanes of at least 4 members (excludes halogenated alkanes) is 1. The zero-order chi connectivity index (χ0) is 19.6. The van der Waals surface area contributed by atoms with Crippen LogP contribution in [0, 0.1) is 0 Å². The summed E-state index contributed by atoms with van der Waals surface area (Å²) in [5, 5.41) is 4.57. The van der Waals surface area contributed by atoms with Gasteiger partial charge in [0.25, 0.3) is 11.8 Å². The maximum atomic E-state index is 12.7. The first-order chi connectivity index (χ1) is 12.9. The van der Waals surface area contributed by atoms with Crippen LogP contribution in [0.3, 0.4) is 0 Å². The molecule has 1 aromatic carbocycles. The Balaban J connectivity index is 1.72. The van der Waals surface area contributed by atoms with Gasteiger partial charge in [-0.1, -0.05) is 19.4 Å². The van der Waals surface area contributed by atoms with E-state index in [0.29, 0.717) is 17.5 Å². The van der Waals surface area contributed by atoms with Crippen LogP contribution in [0.25, 0.3) is 0 Å². The number of hydrogen-bond donors (Lipinski definition) is 2. The monoisotopic (exact) mass is 371 g/mol. The highest BCUT2D eigenvalue weighted by Gasteiger charge is 2.39. The summed E-state index contributed by atoms with van der Waals surface area (Å²) in [5.74, 6) is -2.07. The Morgan fingerprint density at radius 3 is 2.74 bits per heavy atom. The highest BCUT2D eigenvalue weighted by Crippen LogP contribution is 2.28. The number of amides is 5. The van der Waals surface area contributed by atoms with E-state index < -0.39 is 17.9 Å². The van der Waals surface area contributed by atoms with Crippen LogP contribution in [-0.2, 0) is 20.9 Å². The Labute approximate surface area is 156 Å². The zero-order valence-corrected chi connectivity index (χ0v) is 15.0. The molecule has 2 aliphatic rings. The first-order valence-electron chi connectivity index (χ1n) is 9.02. The molecule has 2 heterocycles. The van der Waals surface area contributed by atoms with Crippen molar-refractivity contribution in [3.05, 3.63) is 34.9 Å². The second-order valence-electron chi connectivity index (χ2n) is 6.75. The number of fused-ring (bicyclic) bond motifs is 1. The molecule has 3 rings (SSSR count). The number of benzene rings is 1. The van der Waals surface area contributed by atoms with Crippen LogP contribution in [-0.4, -0.2) is 40.5 Å². The molecule has 1 fully saturated rings. The minimum Gasteiger partial charge on any atom is -0.322 e. The molecule has 0 radical (unpaired) electrons. The van der Waals surface area contributed by atoms with Crippen LogP contribution >= 0.6 is 0 Å². The van der Waals surface area contributed by atoms with Crippen molar-refractivity contribution in [1.82, 2.24) is 15.5 Å². The minimum atomic E-state index is -0.699. The topological polar surface area (TPSA) is 113 Å². The Kier molecular flexibility index (Phi) is 5.34. The summed E-state index contributed by atoms with van der Waals surface area (Å²) < 4.78 is 0.